The summed E-state index contributed by atoms with van der Waals surface area (Å²) in [6.45, 7) is 2.51. The lowest BCUT2D eigenvalue weighted by Gasteiger charge is -2.21. The largest absolute Gasteiger partial charge is 0.332 e. The van der Waals surface area contributed by atoms with Crippen molar-refractivity contribution in [3.8, 4) is 0 Å². The number of rotatable bonds is 5. The Labute approximate surface area is 173 Å². The van der Waals surface area contributed by atoms with Crippen LogP contribution in [0.4, 0.5) is 11.4 Å². The quantitative estimate of drug-likeness (QED) is 0.607. The Kier molecular flexibility index (Phi) is 6.52. The molecule has 142 valence electrons. The van der Waals surface area contributed by atoms with Crippen LogP contribution in [0.3, 0.4) is 0 Å². The summed E-state index contributed by atoms with van der Waals surface area (Å²) in [7, 11) is 0. The molecule has 0 saturated carbocycles. The number of hydrogen-bond donors (Lipinski definition) is 2. The van der Waals surface area contributed by atoms with Crippen LogP contribution in [0.1, 0.15) is 27.0 Å². The maximum Gasteiger partial charge on any atom is 0.267 e. The molecule has 5 nitrogen and oxygen atoms in total. The second-order valence-corrected chi connectivity index (χ2v) is 7.20. The molecule has 0 atom stereocenters. The molecule has 0 unspecified atom stereocenters. The fourth-order valence-corrected chi connectivity index (χ4v) is 3.47. The maximum absolute atomic E-state index is 12.8. The van der Waals surface area contributed by atoms with Crippen LogP contribution < -0.4 is 15.5 Å². The second-order valence-electron chi connectivity index (χ2n) is 5.85. The van der Waals surface area contributed by atoms with Crippen LogP contribution in [0, 0.1) is 0 Å². The zero-order valence-electron chi connectivity index (χ0n) is 15.2. The van der Waals surface area contributed by atoms with Gasteiger partial charge in [0.15, 0.2) is 5.11 Å². The first kappa shape index (κ1) is 19.7. The van der Waals surface area contributed by atoms with E-state index in [9.17, 15) is 9.59 Å². The summed E-state index contributed by atoms with van der Waals surface area (Å²) >= 11 is 6.53. The molecular weight excluding hydrogens is 390 g/mol. The van der Waals surface area contributed by atoms with Gasteiger partial charge in [-0.2, -0.15) is 0 Å². The van der Waals surface area contributed by atoms with Gasteiger partial charge in [-0.1, -0.05) is 24.3 Å². The minimum Gasteiger partial charge on any atom is -0.332 e. The van der Waals surface area contributed by atoms with E-state index < -0.39 is 0 Å². The summed E-state index contributed by atoms with van der Waals surface area (Å²) in [6.07, 6.45) is 0. The first-order chi connectivity index (χ1) is 13.6. The summed E-state index contributed by atoms with van der Waals surface area (Å²) in [5.74, 6) is -0.324. The second kappa shape index (κ2) is 9.25. The third kappa shape index (κ3) is 4.82. The predicted molar refractivity (Wildman–Crippen MR) is 118 cm³/mol. The van der Waals surface area contributed by atoms with Gasteiger partial charge in [-0.15, -0.1) is 11.3 Å². The topological polar surface area (TPSA) is 61.4 Å². The summed E-state index contributed by atoms with van der Waals surface area (Å²) in [4.78, 5) is 27.1. The van der Waals surface area contributed by atoms with Gasteiger partial charge in [0.05, 0.1) is 4.88 Å². The van der Waals surface area contributed by atoms with Crippen molar-refractivity contribution in [3.05, 3.63) is 82.6 Å². The molecule has 2 aromatic carbocycles. The summed E-state index contributed by atoms with van der Waals surface area (Å²) in [5.41, 5.74) is 2.12. The van der Waals surface area contributed by atoms with E-state index in [0.29, 0.717) is 22.7 Å². The minimum atomic E-state index is -0.249. The monoisotopic (exact) mass is 409 g/mol. The van der Waals surface area contributed by atoms with Crippen LogP contribution in [-0.2, 0) is 0 Å². The van der Waals surface area contributed by atoms with Gasteiger partial charge in [0, 0.05) is 23.5 Å². The first-order valence-electron chi connectivity index (χ1n) is 8.71. The number of nitrogens with zero attached hydrogens (tertiary/aromatic N) is 1. The highest BCUT2D eigenvalue weighted by Gasteiger charge is 2.16. The number of anilines is 2. The number of nitrogens with one attached hydrogen (secondary N) is 2. The molecule has 0 bridgehead atoms. The highest BCUT2D eigenvalue weighted by Crippen LogP contribution is 2.18. The van der Waals surface area contributed by atoms with E-state index in [4.69, 9.17) is 12.2 Å². The molecule has 2 N–H and O–H groups in total. The first-order valence-corrected chi connectivity index (χ1v) is 10.00. The van der Waals surface area contributed by atoms with Crippen LogP contribution in [0.5, 0.6) is 0 Å². The Balaban J connectivity index is 1.63. The number of amides is 2. The number of carbonyl (C=O) groups is 2. The van der Waals surface area contributed by atoms with Crippen molar-refractivity contribution in [1.29, 1.82) is 0 Å². The highest BCUT2D eigenvalue weighted by molar-refractivity contribution is 7.80. The third-order valence-electron chi connectivity index (χ3n) is 3.99. The standard InChI is InChI=1S/C21H19N3O2S2/c1-2-24(17-7-4-3-5-8-17)20(26)15-10-12-16(13-11-15)22-21(27)23-19(25)18-9-6-14-28-18/h3-14H,2H2,1H3,(H2,22,23,25,27). The van der Waals surface area contributed by atoms with Crippen molar-refractivity contribution in [2.75, 3.05) is 16.8 Å². The third-order valence-corrected chi connectivity index (χ3v) is 5.06. The van der Waals surface area contributed by atoms with Gasteiger partial charge in [-0.05, 0) is 67.0 Å². The van der Waals surface area contributed by atoms with E-state index in [1.807, 2.05) is 42.6 Å². The van der Waals surface area contributed by atoms with Crippen LogP contribution in [0.25, 0.3) is 0 Å². The Hall–Kier alpha value is -3.03. The van der Waals surface area contributed by atoms with Crippen LogP contribution in [-0.4, -0.2) is 23.5 Å². The van der Waals surface area contributed by atoms with E-state index in [0.717, 1.165) is 5.69 Å². The SMILES string of the molecule is CCN(C(=O)c1ccc(NC(=S)NC(=O)c2cccs2)cc1)c1ccccc1. The van der Waals surface area contributed by atoms with Crippen molar-refractivity contribution in [1.82, 2.24) is 5.32 Å². The molecule has 0 aliphatic rings. The lowest BCUT2D eigenvalue weighted by molar-refractivity contribution is 0.0976. The average molecular weight is 410 g/mol. The fourth-order valence-electron chi connectivity index (χ4n) is 2.64. The molecular formula is C21H19N3O2S2. The number of carbonyl (C=O) groups excluding carboxylic acids is 2. The van der Waals surface area contributed by atoms with Gasteiger partial charge < -0.3 is 10.2 Å². The molecule has 3 rings (SSSR count). The number of para-hydroxylation sites is 1. The average Bonchev–Trinajstić information content (AvgIpc) is 3.25. The van der Waals surface area contributed by atoms with E-state index in [2.05, 4.69) is 10.6 Å². The Morgan fingerprint density at radius 3 is 2.32 bits per heavy atom. The molecule has 0 aliphatic heterocycles. The Bertz CT molecular complexity index is 955. The smallest absolute Gasteiger partial charge is 0.267 e. The number of benzene rings is 2. The van der Waals surface area contributed by atoms with E-state index >= 15 is 0 Å². The number of hydrogen-bond acceptors (Lipinski definition) is 4. The highest BCUT2D eigenvalue weighted by atomic mass is 32.1. The zero-order chi connectivity index (χ0) is 19.9. The van der Waals surface area contributed by atoms with Gasteiger partial charge in [-0.3, -0.25) is 14.9 Å². The predicted octanol–water partition coefficient (Wildman–Crippen LogP) is 4.54. The normalized spacial score (nSPS) is 10.2. The number of thiocarbonyl (C=S) groups is 1. The van der Waals surface area contributed by atoms with E-state index in [1.54, 1.807) is 41.3 Å². The molecule has 0 spiro atoms. The summed E-state index contributed by atoms with van der Waals surface area (Å²) in [5, 5.41) is 7.62. The van der Waals surface area contributed by atoms with Crippen molar-refractivity contribution < 1.29 is 9.59 Å². The maximum atomic E-state index is 12.8. The molecule has 1 aromatic heterocycles. The molecule has 3 aromatic rings. The van der Waals surface area contributed by atoms with E-state index in [1.165, 1.54) is 11.3 Å². The van der Waals surface area contributed by atoms with E-state index in [-0.39, 0.29) is 16.9 Å². The molecule has 0 fully saturated rings. The van der Waals surface area contributed by atoms with Gasteiger partial charge >= 0.3 is 0 Å². The molecule has 0 saturated heterocycles. The van der Waals surface area contributed by atoms with Crippen LogP contribution >= 0.6 is 23.6 Å². The summed E-state index contributed by atoms with van der Waals surface area (Å²) < 4.78 is 0. The van der Waals surface area contributed by atoms with Crippen molar-refractivity contribution in [2.45, 2.75) is 6.92 Å². The molecule has 7 heteroatoms. The molecule has 0 radical (unpaired) electrons. The van der Waals surface area contributed by atoms with Crippen LogP contribution in [0.2, 0.25) is 0 Å². The Morgan fingerprint density at radius 2 is 1.71 bits per heavy atom. The molecule has 28 heavy (non-hydrogen) atoms. The van der Waals surface area contributed by atoms with Crippen molar-refractivity contribution in [3.63, 3.8) is 0 Å². The van der Waals surface area contributed by atoms with Gasteiger partial charge in [0.2, 0.25) is 0 Å². The van der Waals surface area contributed by atoms with Crippen molar-refractivity contribution >= 4 is 51.9 Å². The zero-order valence-corrected chi connectivity index (χ0v) is 16.8. The van der Waals surface area contributed by atoms with Gasteiger partial charge in [-0.25, -0.2) is 0 Å². The lowest BCUT2D eigenvalue weighted by Crippen LogP contribution is -2.33. The van der Waals surface area contributed by atoms with Crippen molar-refractivity contribution in [2.24, 2.45) is 0 Å². The van der Waals surface area contributed by atoms with Crippen LogP contribution in [0.15, 0.2) is 72.1 Å². The number of thiophene rings is 1. The van der Waals surface area contributed by atoms with Gasteiger partial charge in [0.1, 0.15) is 0 Å². The molecule has 2 amide bonds. The summed E-state index contributed by atoms with van der Waals surface area (Å²) in [6, 6.07) is 20.1. The molecule has 0 aliphatic carbocycles. The lowest BCUT2D eigenvalue weighted by atomic mass is 10.1. The molecule has 1 heterocycles. The Morgan fingerprint density at radius 1 is 1.00 bits per heavy atom. The fraction of sp³-hybridized carbons (Fsp3) is 0.0952. The minimum absolute atomic E-state index is 0.0752. The van der Waals surface area contributed by atoms with Gasteiger partial charge in [0.25, 0.3) is 11.8 Å².